The zero-order chi connectivity index (χ0) is 13.7. The second-order valence-electron chi connectivity index (χ2n) is 4.90. The Morgan fingerprint density at radius 1 is 1.44 bits per heavy atom. The summed E-state index contributed by atoms with van der Waals surface area (Å²) in [6, 6.07) is 5.00. The SMILES string of the molecule is Cc1ccc(C(=O)NC(CCN)C(C)C)cc1O. The van der Waals surface area contributed by atoms with Crippen LogP contribution in [0.4, 0.5) is 0 Å². The topological polar surface area (TPSA) is 75.4 Å². The molecule has 0 saturated carbocycles. The molecule has 0 spiro atoms. The van der Waals surface area contributed by atoms with Gasteiger partial charge in [0, 0.05) is 11.6 Å². The van der Waals surface area contributed by atoms with Crippen molar-refractivity contribution < 1.29 is 9.90 Å². The first-order valence-corrected chi connectivity index (χ1v) is 6.26. The second kappa shape index (κ2) is 6.40. The molecule has 0 fully saturated rings. The van der Waals surface area contributed by atoms with E-state index in [1.165, 1.54) is 6.07 Å². The number of hydrogen-bond acceptors (Lipinski definition) is 3. The van der Waals surface area contributed by atoms with Gasteiger partial charge in [-0.1, -0.05) is 19.9 Å². The molecule has 100 valence electrons. The van der Waals surface area contributed by atoms with E-state index < -0.39 is 0 Å². The lowest BCUT2D eigenvalue weighted by Gasteiger charge is -2.21. The van der Waals surface area contributed by atoms with Crippen LogP contribution in [-0.4, -0.2) is 23.6 Å². The predicted molar refractivity (Wildman–Crippen MR) is 72.6 cm³/mol. The van der Waals surface area contributed by atoms with Gasteiger partial charge in [0.2, 0.25) is 0 Å². The summed E-state index contributed by atoms with van der Waals surface area (Å²) in [5, 5.41) is 12.5. The maximum atomic E-state index is 12.0. The first-order valence-electron chi connectivity index (χ1n) is 6.26. The molecule has 0 aliphatic heterocycles. The third-order valence-corrected chi connectivity index (χ3v) is 3.07. The molecule has 1 amide bonds. The Morgan fingerprint density at radius 3 is 2.61 bits per heavy atom. The zero-order valence-electron chi connectivity index (χ0n) is 11.2. The van der Waals surface area contributed by atoms with Gasteiger partial charge in [0.25, 0.3) is 5.91 Å². The predicted octanol–water partition coefficient (Wildman–Crippen LogP) is 1.80. The Bertz CT molecular complexity index is 416. The molecule has 1 aromatic rings. The number of nitrogens with two attached hydrogens (primary N) is 1. The quantitative estimate of drug-likeness (QED) is 0.746. The molecule has 0 aliphatic rings. The first-order chi connectivity index (χ1) is 8.45. The van der Waals surface area contributed by atoms with Gasteiger partial charge in [0.05, 0.1) is 0 Å². The van der Waals surface area contributed by atoms with Crippen molar-refractivity contribution in [3.05, 3.63) is 29.3 Å². The number of hydrogen-bond donors (Lipinski definition) is 3. The number of amides is 1. The fourth-order valence-electron chi connectivity index (χ4n) is 1.75. The third kappa shape index (κ3) is 3.74. The van der Waals surface area contributed by atoms with Gasteiger partial charge in [0.15, 0.2) is 0 Å². The van der Waals surface area contributed by atoms with Crippen molar-refractivity contribution in [3.63, 3.8) is 0 Å². The molecule has 0 bridgehead atoms. The highest BCUT2D eigenvalue weighted by molar-refractivity contribution is 5.94. The highest BCUT2D eigenvalue weighted by Gasteiger charge is 2.16. The molecule has 1 aromatic carbocycles. The number of carbonyl (C=O) groups is 1. The van der Waals surface area contributed by atoms with Crippen molar-refractivity contribution in [2.45, 2.75) is 33.2 Å². The normalized spacial score (nSPS) is 12.5. The average Bonchev–Trinajstić information content (AvgIpc) is 2.31. The molecule has 0 aromatic heterocycles. The molecule has 4 N–H and O–H groups in total. The van der Waals surface area contributed by atoms with Gasteiger partial charge < -0.3 is 16.2 Å². The van der Waals surface area contributed by atoms with Crippen molar-refractivity contribution in [3.8, 4) is 5.75 Å². The summed E-state index contributed by atoms with van der Waals surface area (Å²) in [6.45, 7) is 6.44. The Morgan fingerprint density at radius 2 is 2.11 bits per heavy atom. The van der Waals surface area contributed by atoms with Gasteiger partial charge in [-0.15, -0.1) is 0 Å². The molecular formula is C14H22N2O2. The number of benzene rings is 1. The molecule has 0 aliphatic carbocycles. The van der Waals surface area contributed by atoms with Crippen molar-refractivity contribution in [1.29, 1.82) is 0 Å². The summed E-state index contributed by atoms with van der Waals surface area (Å²) in [7, 11) is 0. The van der Waals surface area contributed by atoms with Crippen LogP contribution in [0.1, 0.15) is 36.2 Å². The molecule has 1 unspecified atom stereocenters. The summed E-state index contributed by atoms with van der Waals surface area (Å²) in [4.78, 5) is 12.0. The van der Waals surface area contributed by atoms with Gasteiger partial charge in [-0.05, 0) is 43.5 Å². The van der Waals surface area contributed by atoms with Crippen LogP contribution in [0, 0.1) is 12.8 Å². The summed E-state index contributed by atoms with van der Waals surface area (Å²) < 4.78 is 0. The van der Waals surface area contributed by atoms with Crippen molar-refractivity contribution in [2.75, 3.05) is 6.54 Å². The van der Waals surface area contributed by atoms with E-state index in [0.717, 1.165) is 12.0 Å². The Hall–Kier alpha value is -1.55. The smallest absolute Gasteiger partial charge is 0.251 e. The van der Waals surface area contributed by atoms with Crippen molar-refractivity contribution in [1.82, 2.24) is 5.32 Å². The number of nitrogens with one attached hydrogen (secondary N) is 1. The van der Waals surface area contributed by atoms with Gasteiger partial charge in [-0.2, -0.15) is 0 Å². The molecule has 0 heterocycles. The van der Waals surface area contributed by atoms with E-state index in [2.05, 4.69) is 5.32 Å². The van der Waals surface area contributed by atoms with E-state index in [4.69, 9.17) is 5.73 Å². The van der Waals surface area contributed by atoms with Crippen LogP contribution >= 0.6 is 0 Å². The molecule has 4 nitrogen and oxygen atoms in total. The molecular weight excluding hydrogens is 228 g/mol. The number of aromatic hydroxyl groups is 1. The minimum atomic E-state index is -0.169. The van der Waals surface area contributed by atoms with Crippen molar-refractivity contribution in [2.24, 2.45) is 11.7 Å². The van der Waals surface area contributed by atoms with E-state index in [1.807, 2.05) is 13.8 Å². The molecule has 0 radical (unpaired) electrons. The second-order valence-corrected chi connectivity index (χ2v) is 4.90. The van der Waals surface area contributed by atoms with E-state index in [1.54, 1.807) is 19.1 Å². The van der Waals surface area contributed by atoms with Crippen LogP contribution in [0.2, 0.25) is 0 Å². The zero-order valence-corrected chi connectivity index (χ0v) is 11.2. The Labute approximate surface area is 108 Å². The van der Waals surface area contributed by atoms with Crippen LogP contribution in [0.25, 0.3) is 0 Å². The lowest BCUT2D eigenvalue weighted by Crippen LogP contribution is -2.39. The molecule has 1 atom stereocenters. The van der Waals surface area contributed by atoms with E-state index >= 15 is 0 Å². The third-order valence-electron chi connectivity index (χ3n) is 3.07. The maximum Gasteiger partial charge on any atom is 0.251 e. The Kier molecular flexibility index (Phi) is 5.16. The minimum Gasteiger partial charge on any atom is -0.508 e. The standard InChI is InChI=1S/C14H22N2O2/c1-9(2)12(6-7-15)16-14(18)11-5-4-10(3)13(17)8-11/h4-5,8-9,12,17H,6-7,15H2,1-3H3,(H,16,18). The van der Waals surface area contributed by atoms with Crippen LogP contribution in [0.3, 0.4) is 0 Å². The van der Waals surface area contributed by atoms with E-state index in [9.17, 15) is 9.90 Å². The summed E-state index contributed by atoms with van der Waals surface area (Å²) in [6.07, 6.45) is 0.751. The number of carbonyl (C=O) groups excluding carboxylic acids is 1. The number of phenolic OH excluding ortho intramolecular Hbond substituents is 1. The van der Waals surface area contributed by atoms with Crippen LogP contribution in [0.5, 0.6) is 5.75 Å². The largest absolute Gasteiger partial charge is 0.508 e. The minimum absolute atomic E-state index is 0.0611. The number of aryl methyl sites for hydroxylation is 1. The summed E-state index contributed by atoms with van der Waals surface area (Å²) >= 11 is 0. The van der Waals surface area contributed by atoms with E-state index in [-0.39, 0.29) is 17.7 Å². The monoisotopic (exact) mass is 250 g/mol. The maximum absolute atomic E-state index is 12.0. The lowest BCUT2D eigenvalue weighted by molar-refractivity contribution is 0.0923. The van der Waals surface area contributed by atoms with Gasteiger partial charge in [-0.25, -0.2) is 0 Å². The van der Waals surface area contributed by atoms with Crippen LogP contribution < -0.4 is 11.1 Å². The first kappa shape index (κ1) is 14.5. The summed E-state index contributed by atoms with van der Waals surface area (Å²) in [5.74, 6) is 0.302. The molecule has 1 rings (SSSR count). The number of phenols is 1. The van der Waals surface area contributed by atoms with Crippen molar-refractivity contribution >= 4 is 5.91 Å². The molecule has 4 heteroatoms. The van der Waals surface area contributed by atoms with Crippen LogP contribution in [0.15, 0.2) is 18.2 Å². The van der Waals surface area contributed by atoms with Crippen LogP contribution in [-0.2, 0) is 0 Å². The van der Waals surface area contributed by atoms with Gasteiger partial charge in [0.1, 0.15) is 5.75 Å². The fourth-order valence-corrected chi connectivity index (χ4v) is 1.75. The molecule has 18 heavy (non-hydrogen) atoms. The van der Waals surface area contributed by atoms with E-state index in [0.29, 0.717) is 18.0 Å². The number of rotatable bonds is 5. The highest BCUT2D eigenvalue weighted by atomic mass is 16.3. The highest BCUT2D eigenvalue weighted by Crippen LogP contribution is 2.17. The molecule has 0 saturated heterocycles. The summed E-state index contributed by atoms with van der Waals surface area (Å²) in [5.41, 5.74) is 6.77. The Balaban J connectivity index is 2.77. The fraction of sp³-hybridized carbons (Fsp3) is 0.500. The van der Waals surface area contributed by atoms with Gasteiger partial charge in [-0.3, -0.25) is 4.79 Å². The average molecular weight is 250 g/mol. The lowest BCUT2D eigenvalue weighted by atomic mass is 10.0. The van der Waals surface area contributed by atoms with Gasteiger partial charge >= 0.3 is 0 Å².